The summed E-state index contributed by atoms with van der Waals surface area (Å²) < 4.78 is 5.41. The Kier molecular flexibility index (Phi) is 4.99. The van der Waals surface area contributed by atoms with E-state index in [1.165, 1.54) is 0 Å². The minimum absolute atomic E-state index is 0.0517. The van der Waals surface area contributed by atoms with Gasteiger partial charge in [-0.15, -0.1) is 0 Å². The van der Waals surface area contributed by atoms with Crippen LogP contribution in [0.5, 0.6) is 5.75 Å². The van der Waals surface area contributed by atoms with E-state index < -0.39 is 0 Å². The highest BCUT2D eigenvalue weighted by atomic mass is 16.5. The van der Waals surface area contributed by atoms with Crippen molar-refractivity contribution in [1.82, 2.24) is 5.32 Å². The van der Waals surface area contributed by atoms with Crippen molar-refractivity contribution in [3.8, 4) is 16.9 Å². The standard InChI is InChI=1S/C18H21NO2/c1-4-13(2)19-18(20)15-10-11-17(21-3)16(12-15)14-8-6-5-7-9-14/h5-13H,4H2,1-3H3,(H,19,20). The van der Waals surface area contributed by atoms with Crippen LogP contribution in [0, 0.1) is 0 Å². The molecule has 1 atom stereocenters. The predicted molar refractivity (Wildman–Crippen MR) is 85.6 cm³/mol. The smallest absolute Gasteiger partial charge is 0.251 e. The van der Waals surface area contributed by atoms with Crippen molar-refractivity contribution in [2.45, 2.75) is 26.3 Å². The largest absolute Gasteiger partial charge is 0.496 e. The highest BCUT2D eigenvalue weighted by Gasteiger charge is 2.12. The molecule has 110 valence electrons. The van der Waals surface area contributed by atoms with Crippen LogP contribution >= 0.6 is 0 Å². The molecule has 0 aromatic heterocycles. The third kappa shape index (κ3) is 3.63. The summed E-state index contributed by atoms with van der Waals surface area (Å²) in [4.78, 5) is 12.2. The molecule has 0 spiro atoms. The maximum Gasteiger partial charge on any atom is 0.251 e. The molecule has 0 saturated heterocycles. The van der Waals surface area contributed by atoms with Gasteiger partial charge in [0.1, 0.15) is 5.75 Å². The van der Waals surface area contributed by atoms with E-state index in [9.17, 15) is 4.79 Å². The molecular weight excluding hydrogens is 262 g/mol. The van der Waals surface area contributed by atoms with Crippen molar-refractivity contribution in [2.75, 3.05) is 7.11 Å². The second kappa shape index (κ2) is 6.93. The number of methoxy groups -OCH3 is 1. The van der Waals surface area contributed by atoms with Crippen molar-refractivity contribution < 1.29 is 9.53 Å². The molecule has 0 aliphatic rings. The molecule has 2 rings (SSSR count). The summed E-state index contributed by atoms with van der Waals surface area (Å²) >= 11 is 0. The van der Waals surface area contributed by atoms with E-state index >= 15 is 0 Å². The van der Waals surface area contributed by atoms with Crippen LogP contribution in [-0.2, 0) is 0 Å². The van der Waals surface area contributed by atoms with Gasteiger partial charge in [0.2, 0.25) is 0 Å². The number of hydrogen-bond acceptors (Lipinski definition) is 2. The number of amides is 1. The molecule has 1 unspecified atom stereocenters. The molecular formula is C18H21NO2. The lowest BCUT2D eigenvalue weighted by Gasteiger charge is -2.14. The molecule has 2 aromatic carbocycles. The number of nitrogens with one attached hydrogen (secondary N) is 1. The Hall–Kier alpha value is -2.29. The van der Waals surface area contributed by atoms with E-state index in [-0.39, 0.29) is 11.9 Å². The maximum absolute atomic E-state index is 12.2. The van der Waals surface area contributed by atoms with Gasteiger partial charge in [0, 0.05) is 17.2 Å². The van der Waals surface area contributed by atoms with Crippen LogP contribution in [0.3, 0.4) is 0 Å². The zero-order valence-corrected chi connectivity index (χ0v) is 12.7. The van der Waals surface area contributed by atoms with Crippen LogP contribution in [0.15, 0.2) is 48.5 Å². The molecule has 2 aromatic rings. The molecule has 1 N–H and O–H groups in total. The van der Waals surface area contributed by atoms with Gasteiger partial charge in [-0.25, -0.2) is 0 Å². The molecule has 0 fully saturated rings. The number of benzene rings is 2. The number of ether oxygens (including phenoxy) is 1. The van der Waals surface area contributed by atoms with Crippen molar-refractivity contribution in [1.29, 1.82) is 0 Å². The SMILES string of the molecule is CCC(C)NC(=O)c1ccc(OC)c(-c2ccccc2)c1. The Balaban J connectivity index is 2.36. The van der Waals surface area contributed by atoms with Gasteiger partial charge >= 0.3 is 0 Å². The van der Waals surface area contributed by atoms with Crippen molar-refractivity contribution in [3.05, 3.63) is 54.1 Å². The second-order valence-corrected chi connectivity index (χ2v) is 5.06. The van der Waals surface area contributed by atoms with E-state index in [4.69, 9.17) is 4.74 Å². The quantitative estimate of drug-likeness (QED) is 0.904. The lowest BCUT2D eigenvalue weighted by atomic mass is 10.0. The van der Waals surface area contributed by atoms with Crippen LogP contribution in [0.4, 0.5) is 0 Å². The van der Waals surface area contributed by atoms with Crippen molar-refractivity contribution in [2.24, 2.45) is 0 Å². The summed E-state index contributed by atoms with van der Waals surface area (Å²) in [5.41, 5.74) is 2.61. The molecule has 0 aliphatic heterocycles. The van der Waals surface area contributed by atoms with E-state index in [1.807, 2.05) is 56.3 Å². The maximum atomic E-state index is 12.2. The summed E-state index contributed by atoms with van der Waals surface area (Å²) in [5.74, 6) is 0.713. The predicted octanol–water partition coefficient (Wildman–Crippen LogP) is 3.89. The van der Waals surface area contributed by atoms with Crippen molar-refractivity contribution >= 4 is 5.91 Å². The lowest BCUT2D eigenvalue weighted by molar-refractivity contribution is 0.0939. The average molecular weight is 283 g/mol. The first kappa shape index (κ1) is 15.1. The van der Waals surface area contributed by atoms with Gasteiger partial charge in [-0.3, -0.25) is 4.79 Å². The van der Waals surface area contributed by atoms with E-state index in [1.54, 1.807) is 13.2 Å². The van der Waals surface area contributed by atoms with E-state index in [0.717, 1.165) is 23.3 Å². The number of carbonyl (C=O) groups excluding carboxylic acids is 1. The zero-order valence-electron chi connectivity index (χ0n) is 12.7. The van der Waals surface area contributed by atoms with Gasteiger partial charge < -0.3 is 10.1 Å². The normalized spacial score (nSPS) is 11.8. The fraction of sp³-hybridized carbons (Fsp3) is 0.278. The molecule has 21 heavy (non-hydrogen) atoms. The molecule has 3 heteroatoms. The lowest BCUT2D eigenvalue weighted by Crippen LogP contribution is -2.31. The van der Waals surface area contributed by atoms with Crippen molar-refractivity contribution in [3.63, 3.8) is 0 Å². The van der Waals surface area contributed by atoms with E-state index in [0.29, 0.717) is 5.56 Å². The minimum atomic E-state index is -0.0517. The Bertz CT molecular complexity index is 608. The summed E-state index contributed by atoms with van der Waals surface area (Å²) in [7, 11) is 1.64. The number of rotatable bonds is 5. The van der Waals surface area contributed by atoms with Gasteiger partial charge in [-0.05, 0) is 37.1 Å². The molecule has 3 nitrogen and oxygen atoms in total. The third-order valence-electron chi connectivity index (χ3n) is 3.54. The van der Waals surface area contributed by atoms with Crippen LogP contribution in [0.25, 0.3) is 11.1 Å². The van der Waals surface area contributed by atoms with Gasteiger partial charge in [0.25, 0.3) is 5.91 Å². The van der Waals surface area contributed by atoms with Crippen LogP contribution < -0.4 is 10.1 Å². The van der Waals surface area contributed by atoms with E-state index in [2.05, 4.69) is 5.32 Å². The summed E-state index contributed by atoms with van der Waals surface area (Å²) in [6.45, 7) is 4.05. The molecule has 1 amide bonds. The Morgan fingerprint density at radius 2 is 1.90 bits per heavy atom. The number of carbonyl (C=O) groups is 1. The highest BCUT2D eigenvalue weighted by Crippen LogP contribution is 2.30. The average Bonchev–Trinajstić information content (AvgIpc) is 2.54. The fourth-order valence-corrected chi connectivity index (χ4v) is 2.10. The fourth-order valence-electron chi connectivity index (χ4n) is 2.10. The summed E-state index contributed by atoms with van der Waals surface area (Å²) in [5, 5.41) is 2.98. The van der Waals surface area contributed by atoms with Gasteiger partial charge in [0.15, 0.2) is 0 Å². The first-order chi connectivity index (χ1) is 10.2. The first-order valence-corrected chi connectivity index (χ1v) is 7.20. The Labute approximate surface area is 126 Å². The van der Waals surface area contributed by atoms with Crippen LogP contribution in [0.1, 0.15) is 30.6 Å². The molecule has 0 saturated carbocycles. The van der Waals surface area contributed by atoms with Gasteiger partial charge in [-0.1, -0.05) is 37.3 Å². The monoisotopic (exact) mass is 283 g/mol. The molecule has 0 aliphatic carbocycles. The summed E-state index contributed by atoms with van der Waals surface area (Å²) in [6, 6.07) is 15.6. The third-order valence-corrected chi connectivity index (χ3v) is 3.54. The highest BCUT2D eigenvalue weighted by molar-refractivity contribution is 5.96. The first-order valence-electron chi connectivity index (χ1n) is 7.20. The Morgan fingerprint density at radius 3 is 2.52 bits per heavy atom. The minimum Gasteiger partial charge on any atom is -0.496 e. The van der Waals surface area contributed by atoms with Crippen LogP contribution in [-0.4, -0.2) is 19.1 Å². The van der Waals surface area contributed by atoms with Gasteiger partial charge in [-0.2, -0.15) is 0 Å². The molecule has 0 bridgehead atoms. The van der Waals surface area contributed by atoms with Crippen LogP contribution in [0.2, 0.25) is 0 Å². The van der Waals surface area contributed by atoms with Gasteiger partial charge in [0.05, 0.1) is 7.11 Å². The summed E-state index contributed by atoms with van der Waals surface area (Å²) in [6.07, 6.45) is 0.910. The topological polar surface area (TPSA) is 38.3 Å². The molecule has 0 heterocycles. The second-order valence-electron chi connectivity index (χ2n) is 5.06. The molecule has 0 radical (unpaired) electrons. The number of hydrogen-bond donors (Lipinski definition) is 1. The Morgan fingerprint density at radius 1 is 1.19 bits per heavy atom. The zero-order chi connectivity index (χ0) is 15.2.